The fourth-order valence-corrected chi connectivity index (χ4v) is 1.82. The van der Waals surface area contributed by atoms with Crippen LogP contribution in [0.4, 0.5) is 0 Å². The minimum absolute atomic E-state index is 0.0634. The maximum Gasteiger partial charge on any atom is 0.214 e. The molecule has 0 N–H and O–H groups in total. The molecule has 0 saturated heterocycles. The van der Waals surface area contributed by atoms with Crippen LogP contribution in [-0.2, 0) is 9.05 Å². The smallest absolute Gasteiger partial charge is 0.214 e. The Bertz CT molecular complexity index is 148. The Hall–Kier alpha value is 0.510. The van der Waals surface area contributed by atoms with E-state index < -0.39 is 0 Å². The van der Waals surface area contributed by atoms with Crippen LogP contribution in [0.25, 0.3) is 0 Å². The Labute approximate surface area is 77.8 Å². The molecule has 1 rings (SSSR count). The van der Waals surface area contributed by atoms with Crippen molar-refractivity contribution in [3.05, 3.63) is 12.3 Å². The average Bonchev–Trinajstić information content (AvgIpc) is 2.30. The van der Waals surface area contributed by atoms with Gasteiger partial charge in [0.05, 0.1) is 12.9 Å². The summed E-state index contributed by atoms with van der Waals surface area (Å²) in [5.74, 6) is 0.918. The molecule has 11 heavy (non-hydrogen) atoms. The molecule has 0 saturated carbocycles. The Kier molecular flexibility index (Phi) is 3.94. The molecule has 1 aliphatic rings. The number of halogens is 2. The van der Waals surface area contributed by atoms with Crippen molar-refractivity contribution in [1.82, 2.24) is 0 Å². The van der Waals surface area contributed by atoms with Gasteiger partial charge in [0, 0.05) is 17.2 Å². The van der Waals surface area contributed by atoms with Gasteiger partial charge in [0.1, 0.15) is 0 Å². The van der Waals surface area contributed by atoms with Crippen molar-refractivity contribution in [3.8, 4) is 0 Å². The second-order valence-corrected chi connectivity index (χ2v) is 3.65. The average molecular weight is 215 g/mol. The standard InChI is InChI=1S/C6H9Cl2O2P/c7-3-6(4-8)1-2-9-11-10-5-6/h1-2,11H,3-5H2. The number of hydrogen-bond donors (Lipinski definition) is 0. The van der Waals surface area contributed by atoms with Gasteiger partial charge in [-0.2, -0.15) is 0 Å². The zero-order valence-electron chi connectivity index (χ0n) is 5.85. The van der Waals surface area contributed by atoms with Gasteiger partial charge in [-0.05, 0) is 6.08 Å². The molecule has 0 amide bonds. The second kappa shape index (κ2) is 4.51. The Morgan fingerprint density at radius 3 is 2.82 bits per heavy atom. The molecule has 2 nitrogen and oxygen atoms in total. The van der Waals surface area contributed by atoms with E-state index in [9.17, 15) is 0 Å². The van der Waals surface area contributed by atoms with Crippen LogP contribution in [-0.4, -0.2) is 18.4 Å². The fourth-order valence-electron chi connectivity index (χ4n) is 0.663. The monoisotopic (exact) mass is 214 g/mol. The number of rotatable bonds is 2. The van der Waals surface area contributed by atoms with Crippen molar-refractivity contribution in [1.29, 1.82) is 0 Å². The van der Waals surface area contributed by atoms with Gasteiger partial charge in [-0.1, -0.05) is 0 Å². The van der Waals surface area contributed by atoms with Gasteiger partial charge in [-0.25, -0.2) is 0 Å². The zero-order valence-corrected chi connectivity index (χ0v) is 8.36. The second-order valence-electron chi connectivity index (χ2n) is 2.42. The van der Waals surface area contributed by atoms with Gasteiger partial charge in [0.15, 0.2) is 0 Å². The van der Waals surface area contributed by atoms with E-state index >= 15 is 0 Å². The first-order valence-corrected chi connectivity index (χ1v) is 5.04. The maximum atomic E-state index is 5.74. The van der Waals surface area contributed by atoms with Crippen LogP contribution in [0.2, 0.25) is 0 Å². The molecule has 1 aliphatic heterocycles. The molecule has 1 atom stereocenters. The third-order valence-electron chi connectivity index (χ3n) is 1.49. The van der Waals surface area contributed by atoms with Gasteiger partial charge >= 0.3 is 0 Å². The lowest BCUT2D eigenvalue weighted by Crippen LogP contribution is -2.26. The first kappa shape index (κ1) is 9.60. The highest BCUT2D eigenvalue weighted by molar-refractivity contribution is 7.26. The molecule has 0 aromatic rings. The van der Waals surface area contributed by atoms with Gasteiger partial charge < -0.3 is 9.05 Å². The molecule has 64 valence electrons. The highest BCUT2D eigenvalue weighted by atomic mass is 35.5. The quantitative estimate of drug-likeness (QED) is 0.520. The molecule has 0 bridgehead atoms. The predicted octanol–water partition coefficient (Wildman–Crippen LogP) is 2.52. The van der Waals surface area contributed by atoms with E-state index in [1.54, 1.807) is 6.26 Å². The van der Waals surface area contributed by atoms with E-state index in [1.807, 2.05) is 6.08 Å². The van der Waals surface area contributed by atoms with Crippen LogP contribution in [0.3, 0.4) is 0 Å². The summed E-state index contributed by atoms with van der Waals surface area (Å²) in [6, 6.07) is 0. The zero-order chi connectivity index (χ0) is 8.16. The van der Waals surface area contributed by atoms with Crippen molar-refractivity contribution >= 4 is 32.2 Å². The van der Waals surface area contributed by atoms with Crippen molar-refractivity contribution in [3.63, 3.8) is 0 Å². The van der Waals surface area contributed by atoms with Crippen LogP contribution in [0.15, 0.2) is 12.3 Å². The normalized spacial score (nSPS) is 24.5. The molecular formula is C6H9Cl2O2P. The molecule has 0 spiro atoms. The summed E-state index contributed by atoms with van der Waals surface area (Å²) in [5.41, 5.74) is -0.243. The third kappa shape index (κ3) is 2.48. The van der Waals surface area contributed by atoms with E-state index in [4.69, 9.17) is 32.2 Å². The van der Waals surface area contributed by atoms with Gasteiger partial charge in [0.2, 0.25) is 9.03 Å². The molecular weight excluding hydrogens is 206 g/mol. The molecule has 0 aromatic carbocycles. The minimum atomic E-state index is -0.243. The molecule has 1 heterocycles. The van der Waals surface area contributed by atoms with Gasteiger partial charge in [-0.15, -0.1) is 23.2 Å². The molecule has 0 radical (unpaired) electrons. The van der Waals surface area contributed by atoms with Crippen molar-refractivity contribution in [2.45, 2.75) is 0 Å². The molecule has 1 unspecified atom stereocenters. The number of hydrogen-bond acceptors (Lipinski definition) is 2. The SMILES string of the molecule is ClCC1(CCl)C=COPOC1. The minimum Gasteiger partial charge on any atom is -0.458 e. The summed E-state index contributed by atoms with van der Waals surface area (Å²) in [6.07, 6.45) is 3.48. The molecule has 0 fully saturated rings. The van der Waals surface area contributed by atoms with E-state index in [2.05, 4.69) is 0 Å². The highest BCUT2D eigenvalue weighted by Crippen LogP contribution is 2.31. The van der Waals surface area contributed by atoms with Crippen molar-refractivity contribution in [2.75, 3.05) is 18.4 Å². The van der Waals surface area contributed by atoms with Crippen LogP contribution < -0.4 is 0 Å². The van der Waals surface area contributed by atoms with Crippen molar-refractivity contribution in [2.24, 2.45) is 5.41 Å². The summed E-state index contributed by atoms with van der Waals surface area (Å²) in [7, 11) is 0.0634. The number of alkyl halides is 2. The lowest BCUT2D eigenvalue weighted by atomic mass is 9.95. The highest BCUT2D eigenvalue weighted by Gasteiger charge is 2.27. The summed E-state index contributed by atoms with van der Waals surface area (Å²) < 4.78 is 10.1. The van der Waals surface area contributed by atoms with Crippen LogP contribution >= 0.6 is 32.2 Å². The Balaban J connectivity index is 2.62. The maximum absolute atomic E-state index is 5.74. The lowest BCUT2D eigenvalue weighted by Gasteiger charge is -2.22. The summed E-state index contributed by atoms with van der Waals surface area (Å²) in [6.45, 7) is 0.537. The van der Waals surface area contributed by atoms with E-state index in [1.165, 1.54) is 0 Å². The van der Waals surface area contributed by atoms with Crippen LogP contribution in [0.5, 0.6) is 0 Å². The van der Waals surface area contributed by atoms with Crippen LogP contribution in [0, 0.1) is 5.41 Å². The van der Waals surface area contributed by atoms with E-state index in [0.29, 0.717) is 18.4 Å². The third-order valence-corrected chi connectivity index (χ3v) is 3.05. The largest absolute Gasteiger partial charge is 0.458 e. The molecule has 0 aliphatic carbocycles. The van der Waals surface area contributed by atoms with E-state index in [0.717, 1.165) is 0 Å². The lowest BCUT2D eigenvalue weighted by molar-refractivity contribution is 0.246. The predicted molar refractivity (Wildman–Crippen MR) is 48.4 cm³/mol. The summed E-state index contributed by atoms with van der Waals surface area (Å²) in [4.78, 5) is 0. The van der Waals surface area contributed by atoms with Crippen molar-refractivity contribution < 1.29 is 9.05 Å². The first-order chi connectivity index (χ1) is 5.33. The van der Waals surface area contributed by atoms with Gasteiger partial charge in [0.25, 0.3) is 0 Å². The molecule has 0 aromatic heterocycles. The van der Waals surface area contributed by atoms with Gasteiger partial charge in [-0.3, -0.25) is 0 Å². The first-order valence-electron chi connectivity index (χ1n) is 3.15. The topological polar surface area (TPSA) is 18.5 Å². The Morgan fingerprint density at radius 2 is 2.18 bits per heavy atom. The fraction of sp³-hybridized carbons (Fsp3) is 0.667. The Morgan fingerprint density at radius 1 is 1.45 bits per heavy atom. The summed E-state index contributed by atoms with van der Waals surface area (Å²) >= 11 is 11.5. The van der Waals surface area contributed by atoms with Crippen LogP contribution in [0.1, 0.15) is 0 Å². The molecule has 5 heteroatoms. The summed E-state index contributed by atoms with van der Waals surface area (Å²) in [5, 5.41) is 0. The van der Waals surface area contributed by atoms with E-state index in [-0.39, 0.29) is 14.4 Å².